The Morgan fingerprint density at radius 1 is 1.42 bits per heavy atom. The molecule has 0 aliphatic carbocycles. The Labute approximate surface area is 68.2 Å². The van der Waals surface area contributed by atoms with Crippen LogP contribution in [-0.4, -0.2) is 25.6 Å². The molecular formula is C6H10F3NO2. The maximum atomic E-state index is 11.5. The molecular weight excluding hydrogens is 175 g/mol. The van der Waals surface area contributed by atoms with Crippen LogP contribution in [0.5, 0.6) is 0 Å². The fourth-order valence-electron chi connectivity index (χ4n) is 0.505. The molecule has 0 aliphatic heterocycles. The van der Waals surface area contributed by atoms with E-state index in [0.29, 0.717) is 0 Å². The highest BCUT2D eigenvalue weighted by atomic mass is 19.4. The van der Waals surface area contributed by atoms with Gasteiger partial charge in [-0.1, -0.05) is 0 Å². The topological polar surface area (TPSA) is 30.8 Å². The van der Waals surface area contributed by atoms with E-state index < -0.39 is 12.7 Å². The summed E-state index contributed by atoms with van der Waals surface area (Å²) in [6.07, 6.45) is -6.04. The summed E-state index contributed by atoms with van der Waals surface area (Å²) in [4.78, 5) is 3.51. The number of halogens is 3. The van der Waals surface area contributed by atoms with Gasteiger partial charge in [0.25, 0.3) is 0 Å². The molecule has 0 heterocycles. The zero-order valence-corrected chi connectivity index (χ0v) is 6.97. The number of ether oxygens (including phenoxy) is 2. The van der Waals surface area contributed by atoms with E-state index in [1.807, 2.05) is 0 Å². The molecule has 0 spiro atoms. The van der Waals surface area contributed by atoms with Crippen LogP contribution in [0.15, 0.2) is 4.99 Å². The zero-order valence-electron chi connectivity index (χ0n) is 6.97. The first-order valence-electron chi connectivity index (χ1n) is 3.19. The lowest BCUT2D eigenvalue weighted by Gasteiger charge is -2.15. The Kier molecular flexibility index (Phi) is 4.02. The van der Waals surface area contributed by atoms with Crippen molar-refractivity contribution < 1.29 is 22.6 Å². The maximum absolute atomic E-state index is 11.5. The fraction of sp³-hybridized carbons (Fsp3) is 0.833. The van der Waals surface area contributed by atoms with Gasteiger partial charge in [0, 0.05) is 14.0 Å². The van der Waals surface area contributed by atoms with E-state index in [1.165, 1.54) is 14.0 Å². The summed E-state index contributed by atoms with van der Waals surface area (Å²) in [7, 11) is 1.41. The Hall–Kier alpha value is -0.780. The molecule has 1 unspecified atom stereocenters. The van der Waals surface area contributed by atoms with Crippen molar-refractivity contribution in [1.29, 1.82) is 0 Å². The molecule has 0 aromatic carbocycles. The molecule has 0 saturated heterocycles. The Morgan fingerprint density at radius 2 is 1.92 bits per heavy atom. The van der Waals surface area contributed by atoms with Crippen LogP contribution in [0.3, 0.4) is 0 Å². The van der Waals surface area contributed by atoms with Crippen LogP contribution in [0.1, 0.15) is 13.8 Å². The van der Waals surface area contributed by atoms with Gasteiger partial charge in [-0.05, 0) is 6.92 Å². The fourth-order valence-corrected chi connectivity index (χ4v) is 0.505. The number of hydrogen-bond donors (Lipinski definition) is 0. The lowest BCUT2D eigenvalue weighted by molar-refractivity contribution is -0.365. The third-order valence-electron chi connectivity index (χ3n) is 0.951. The van der Waals surface area contributed by atoms with Crippen molar-refractivity contribution in [3.8, 4) is 0 Å². The largest absolute Gasteiger partial charge is 0.525 e. The van der Waals surface area contributed by atoms with Crippen LogP contribution < -0.4 is 0 Å². The smallest absolute Gasteiger partial charge is 0.452 e. The molecule has 0 aromatic heterocycles. The maximum Gasteiger partial charge on any atom is 0.525 e. The number of alkyl halides is 3. The SMILES string of the molecule is CN=C(C)OC(C)OC(F)(F)F. The highest BCUT2D eigenvalue weighted by Crippen LogP contribution is 2.19. The monoisotopic (exact) mass is 185 g/mol. The second-order valence-corrected chi connectivity index (χ2v) is 1.99. The highest BCUT2D eigenvalue weighted by Gasteiger charge is 2.32. The molecule has 0 fully saturated rings. The molecule has 0 radical (unpaired) electrons. The van der Waals surface area contributed by atoms with Gasteiger partial charge in [-0.25, -0.2) is 0 Å². The molecule has 0 aromatic rings. The predicted molar refractivity (Wildman–Crippen MR) is 36.7 cm³/mol. The summed E-state index contributed by atoms with van der Waals surface area (Å²) in [6.45, 7) is 2.58. The van der Waals surface area contributed by atoms with Crippen molar-refractivity contribution in [2.45, 2.75) is 26.5 Å². The number of rotatable bonds is 2. The van der Waals surface area contributed by atoms with Gasteiger partial charge >= 0.3 is 6.36 Å². The van der Waals surface area contributed by atoms with Crippen molar-refractivity contribution in [3.63, 3.8) is 0 Å². The average Bonchev–Trinajstić information content (AvgIpc) is 1.82. The normalized spacial score (nSPS) is 16.0. The Balaban J connectivity index is 3.82. The lowest BCUT2D eigenvalue weighted by Crippen LogP contribution is -2.25. The van der Waals surface area contributed by atoms with Gasteiger partial charge in [-0.15, -0.1) is 13.2 Å². The second kappa shape index (κ2) is 4.30. The molecule has 0 amide bonds. The van der Waals surface area contributed by atoms with Crippen molar-refractivity contribution in [2.75, 3.05) is 7.05 Å². The van der Waals surface area contributed by atoms with Crippen LogP contribution in [0, 0.1) is 0 Å². The van der Waals surface area contributed by atoms with E-state index in [9.17, 15) is 13.2 Å². The average molecular weight is 185 g/mol. The highest BCUT2D eigenvalue weighted by molar-refractivity contribution is 5.72. The lowest BCUT2D eigenvalue weighted by atomic mass is 10.7. The summed E-state index contributed by atoms with van der Waals surface area (Å²) in [5, 5.41) is 0. The van der Waals surface area contributed by atoms with Gasteiger partial charge in [0.05, 0.1) is 0 Å². The molecule has 0 bridgehead atoms. The molecule has 6 heteroatoms. The van der Waals surface area contributed by atoms with Gasteiger partial charge in [0.1, 0.15) is 0 Å². The first-order chi connectivity index (χ1) is 5.35. The van der Waals surface area contributed by atoms with Gasteiger partial charge in [0.2, 0.25) is 6.29 Å². The zero-order chi connectivity index (χ0) is 9.78. The number of nitrogens with zero attached hydrogens (tertiary/aromatic N) is 1. The summed E-state index contributed by atoms with van der Waals surface area (Å²) in [5.41, 5.74) is 0. The van der Waals surface area contributed by atoms with Crippen LogP contribution >= 0.6 is 0 Å². The van der Waals surface area contributed by atoms with Gasteiger partial charge < -0.3 is 4.74 Å². The van der Waals surface area contributed by atoms with Crippen molar-refractivity contribution in [2.24, 2.45) is 4.99 Å². The van der Waals surface area contributed by atoms with Crippen molar-refractivity contribution in [1.82, 2.24) is 0 Å². The summed E-state index contributed by atoms with van der Waals surface area (Å²) in [6, 6.07) is 0. The molecule has 3 nitrogen and oxygen atoms in total. The molecule has 72 valence electrons. The van der Waals surface area contributed by atoms with Crippen molar-refractivity contribution in [3.05, 3.63) is 0 Å². The molecule has 0 aliphatic rings. The Morgan fingerprint density at radius 3 is 2.25 bits per heavy atom. The number of aliphatic imine (C=N–C) groups is 1. The summed E-state index contributed by atoms with van der Waals surface area (Å²) >= 11 is 0. The van der Waals surface area contributed by atoms with E-state index >= 15 is 0 Å². The minimum atomic E-state index is -4.67. The third kappa shape index (κ3) is 5.96. The molecule has 0 rings (SSSR count). The first-order valence-corrected chi connectivity index (χ1v) is 3.19. The minimum Gasteiger partial charge on any atom is -0.452 e. The van der Waals surface area contributed by atoms with E-state index in [-0.39, 0.29) is 5.90 Å². The van der Waals surface area contributed by atoms with Crippen LogP contribution in [0.2, 0.25) is 0 Å². The van der Waals surface area contributed by atoms with E-state index in [1.54, 1.807) is 0 Å². The van der Waals surface area contributed by atoms with Crippen LogP contribution in [0.25, 0.3) is 0 Å². The minimum absolute atomic E-state index is 0.145. The van der Waals surface area contributed by atoms with Gasteiger partial charge in [-0.3, -0.25) is 9.73 Å². The van der Waals surface area contributed by atoms with Crippen LogP contribution in [-0.2, 0) is 9.47 Å². The quantitative estimate of drug-likeness (QED) is 0.374. The van der Waals surface area contributed by atoms with E-state index in [4.69, 9.17) is 0 Å². The standard InChI is InChI=1S/C6H10F3NO2/c1-4(10-3)11-5(2)12-6(7,8)9/h5H,1-3H3. The third-order valence-corrected chi connectivity index (χ3v) is 0.951. The summed E-state index contributed by atoms with van der Waals surface area (Å²) in [5.74, 6) is 0.145. The molecule has 0 saturated carbocycles. The number of hydrogen-bond acceptors (Lipinski definition) is 3. The summed E-state index contributed by atoms with van der Waals surface area (Å²) < 4.78 is 42.6. The molecule has 12 heavy (non-hydrogen) atoms. The molecule has 0 N–H and O–H groups in total. The second-order valence-electron chi connectivity index (χ2n) is 1.99. The van der Waals surface area contributed by atoms with Crippen molar-refractivity contribution >= 4 is 5.90 Å². The van der Waals surface area contributed by atoms with Gasteiger partial charge in [-0.2, -0.15) is 0 Å². The predicted octanol–water partition coefficient (Wildman–Crippen LogP) is 1.93. The van der Waals surface area contributed by atoms with E-state index in [0.717, 1.165) is 6.92 Å². The Bertz CT molecular complexity index is 167. The van der Waals surface area contributed by atoms with E-state index in [2.05, 4.69) is 14.5 Å². The molecule has 1 atom stereocenters. The first kappa shape index (κ1) is 11.2. The van der Waals surface area contributed by atoms with Crippen LogP contribution in [0.4, 0.5) is 13.2 Å². The van der Waals surface area contributed by atoms with Gasteiger partial charge in [0.15, 0.2) is 5.90 Å².